The molecular formula is C26H28FN3O3. The highest BCUT2D eigenvalue weighted by Gasteiger charge is 2.11. The first-order valence-corrected chi connectivity index (χ1v) is 10.8. The smallest absolute Gasteiger partial charge is 0.255 e. The van der Waals surface area contributed by atoms with Crippen LogP contribution in [0, 0.1) is 5.82 Å². The number of nitrogens with one attached hydrogen (secondary N) is 2. The Bertz CT molecular complexity index is 1090. The minimum atomic E-state index is -0.270. The first kappa shape index (κ1) is 23.9. The van der Waals surface area contributed by atoms with Gasteiger partial charge in [0.15, 0.2) is 0 Å². The molecule has 33 heavy (non-hydrogen) atoms. The van der Waals surface area contributed by atoms with Gasteiger partial charge >= 0.3 is 0 Å². The lowest BCUT2D eigenvalue weighted by atomic mass is 10.1. The zero-order valence-corrected chi connectivity index (χ0v) is 18.8. The summed E-state index contributed by atoms with van der Waals surface area (Å²) in [6.45, 7) is 3.89. The maximum atomic E-state index is 13.4. The van der Waals surface area contributed by atoms with Crippen molar-refractivity contribution in [2.75, 3.05) is 30.8 Å². The highest BCUT2D eigenvalue weighted by Crippen LogP contribution is 2.24. The predicted octanol–water partition coefficient (Wildman–Crippen LogP) is 4.94. The Morgan fingerprint density at radius 1 is 0.970 bits per heavy atom. The van der Waals surface area contributed by atoms with E-state index < -0.39 is 0 Å². The Morgan fingerprint density at radius 3 is 2.42 bits per heavy atom. The monoisotopic (exact) mass is 449 g/mol. The van der Waals surface area contributed by atoms with Crippen molar-refractivity contribution in [2.45, 2.75) is 19.9 Å². The second-order valence-electron chi connectivity index (χ2n) is 7.53. The molecule has 0 fully saturated rings. The number of carbonyl (C=O) groups is 2. The zero-order valence-electron chi connectivity index (χ0n) is 18.8. The lowest BCUT2D eigenvalue weighted by Gasteiger charge is -2.20. The van der Waals surface area contributed by atoms with Crippen molar-refractivity contribution >= 4 is 23.2 Å². The van der Waals surface area contributed by atoms with Crippen molar-refractivity contribution < 1.29 is 18.7 Å². The molecule has 0 bridgehead atoms. The van der Waals surface area contributed by atoms with Gasteiger partial charge in [0.1, 0.15) is 11.6 Å². The van der Waals surface area contributed by atoms with Crippen molar-refractivity contribution in [2.24, 2.45) is 0 Å². The molecule has 7 heteroatoms. The van der Waals surface area contributed by atoms with Crippen molar-refractivity contribution in [3.63, 3.8) is 0 Å². The molecule has 0 aliphatic heterocycles. The topological polar surface area (TPSA) is 70.7 Å². The highest BCUT2D eigenvalue weighted by molar-refractivity contribution is 6.05. The first-order chi connectivity index (χ1) is 16.0. The summed E-state index contributed by atoms with van der Waals surface area (Å²) in [6, 6.07) is 20.4. The van der Waals surface area contributed by atoms with Crippen LogP contribution in [0.15, 0.2) is 72.8 Å². The summed E-state index contributed by atoms with van der Waals surface area (Å²) in [6.07, 6.45) is 0.305. The molecule has 0 spiro atoms. The lowest BCUT2D eigenvalue weighted by molar-refractivity contribution is -0.116. The van der Waals surface area contributed by atoms with Crippen LogP contribution in [0.25, 0.3) is 0 Å². The van der Waals surface area contributed by atoms with Crippen molar-refractivity contribution in [3.05, 3.63) is 89.7 Å². The average molecular weight is 450 g/mol. The number of hydrogen-bond donors (Lipinski definition) is 2. The summed E-state index contributed by atoms with van der Waals surface area (Å²) in [7, 11) is 1.55. The van der Waals surface area contributed by atoms with Crippen LogP contribution in [-0.4, -0.2) is 36.9 Å². The second kappa shape index (κ2) is 11.8. The van der Waals surface area contributed by atoms with Crippen molar-refractivity contribution in [1.29, 1.82) is 0 Å². The predicted molar refractivity (Wildman–Crippen MR) is 128 cm³/mol. The van der Waals surface area contributed by atoms with E-state index in [0.717, 1.165) is 12.1 Å². The van der Waals surface area contributed by atoms with E-state index in [2.05, 4.69) is 15.5 Å². The fraction of sp³-hybridized carbons (Fsp3) is 0.231. The SMILES string of the molecule is CCN(CCC(=O)Nc1ccc(C(=O)Nc2ccccc2OC)cc1)Cc1cccc(F)c1. The third-order valence-electron chi connectivity index (χ3n) is 5.18. The number of hydrogen-bond acceptors (Lipinski definition) is 4. The molecule has 2 N–H and O–H groups in total. The van der Waals surface area contributed by atoms with Crippen LogP contribution in [-0.2, 0) is 11.3 Å². The Balaban J connectivity index is 1.50. The van der Waals surface area contributed by atoms with E-state index in [1.54, 1.807) is 49.6 Å². The van der Waals surface area contributed by atoms with E-state index in [1.807, 2.05) is 25.1 Å². The molecular weight excluding hydrogens is 421 g/mol. The van der Waals surface area contributed by atoms with Crippen LogP contribution in [0.5, 0.6) is 5.75 Å². The van der Waals surface area contributed by atoms with Gasteiger partial charge in [0.2, 0.25) is 5.91 Å². The quantitative estimate of drug-likeness (QED) is 0.460. The van der Waals surface area contributed by atoms with Crippen LogP contribution < -0.4 is 15.4 Å². The fourth-order valence-electron chi connectivity index (χ4n) is 3.37. The Hall–Kier alpha value is -3.71. The van der Waals surface area contributed by atoms with E-state index in [0.29, 0.717) is 42.2 Å². The molecule has 2 amide bonds. The van der Waals surface area contributed by atoms with Gasteiger partial charge in [0.05, 0.1) is 12.8 Å². The fourth-order valence-corrected chi connectivity index (χ4v) is 3.37. The van der Waals surface area contributed by atoms with Gasteiger partial charge in [0.25, 0.3) is 5.91 Å². The van der Waals surface area contributed by atoms with Crippen LogP contribution >= 0.6 is 0 Å². The van der Waals surface area contributed by atoms with E-state index >= 15 is 0 Å². The third kappa shape index (κ3) is 7.15. The number of para-hydroxylation sites is 2. The summed E-state index contributed by atoms with van der Waals surface area (Å²) < 4.78 is 18.6. The summed E-state index contributed by atoms with van der Waals surface area (Å²) >= 11 is 0. The van der Waals surface area contributed by atoms with Gasteiger partial charge < -0.3 is 15.4 Å². The van der Waals surface area contributed by atoms with Gasteiger partial charge in [-0.25, -0.2) is 4.39 Å². The Morgan fingerprint density at radius 2 is 1.73 bits per heavy atom. The van der Waals surface area contributed by atoms with Gasteiger partial charge in [-0.2, -0.15) is 0 Å². The summed E-state index contributed by atoms with van der Waals surface area (Å²) in [4.78, 5) is 27.0. The van der Waals surface area contributed by atoms with Crippen LogP contribution in [0.3, 0.4) is 0 Å². The zero-order chi connectivity index (χ0) is 23.6. The molecule has 3 aromatic rings. The number of benzene rings is 3. The number of nitrogens with zero attached hydrogens (tertiary/aromatic N) is 1. The summed E-state index contributed by atoms with van der Waals surface area (Å²) in [5.41, 5.74) is 2.54. The summed E-state index contributed by atoms with van der Waals surface area (Å²) in [5.74, 6) is -0.0817. The average Bonchev–Trinajstić information content (AvgIpc) is 2.82. The second-order valence-corrected chi connectivity index (χ2v) is 7.53. The molecule has 0 unspecified atom stereocenters. The molecule has 0 radical (unpaired) electrons. The van der Waals surface area contributed by atoms with E-state index in [-0.39, 0.29) is 17.6 Å². The summed E-state index contributed by atoms with van der Waals surface area (Å²) in [5, 5.41) is 5.67. The maximum absolute atomic E-state index is 13.4. The number of methoxy groups -OCH3 is 1. The maximum Gasteiger partial charge on any atom is 0.255 e. The number of carbonyl (C=O) groups excluding carboxylic acids is 2. The molecule has 0 aromatic heterocycles. The number of ether oxygens (including phenoxy) is 1. The molecule has 0 aliphatic carbocycles. The minimum absolute atomic E-state index is 0.126. The van der Waals surface area contributed by atoms with Crippen LogP contribution in [0.2, 0.25) is 0 Å². The van der Waals surface area contributed by atoms with Crippen molar-refractivity contribution in [1.82, 2.24) is 4.90 Å². The first-order valence-electron chi connectivity index (χ1n) is 10.8. The number of halogens is 1. The number of rotatable bonds is 10. The molecule has 172 valence electrons. The normalized spacial score (nSPS) is 10.7. The minimum Gasteiger partial charge on any atom is -0.495 e. The van der Waals surface area contributed by atoms with Gasteiger partial charge in [-0.15, -0.1) is 0 Å². The van der Waals surface area contributed by atoms with E-state index in [4.69, 9.17) is 4.74 Å². The largest absolute Gasteiger partial charge is 0.495 e. The molecule has 0 saturated heterocycles. The van der Waals surface area contributed by atoms with Gasteiger partial charge in [0, 0.05) is 30.8 Å². The van der Waals surface area contributed by atoms with Gasteiger partial charge in [-0.05, 0) is 60.6 Å². The van der Waals surface area contributed by atoms with Crippen molar-refractivity contribution in [3.8, 4) is 5.75 Å². The van der Waals surface area contributed by atoms with E-state index in [9.17, 15) is 14.0 Å². The molecule has 0 aliphatic rings. The standard InChI is InChI=1S/C26H28FN3O3/c1-3-30(18-19-7-6-8-21(27)17-19)16-15-25(31)28-22-13-11-20(12-14-22)26(32)29-23-9-4-5-10-24(23)33-2/h4-14,17H,3,15-16,18H2,1-2H3,(H,28,31)(H,29,32). The third-order valence-corrected chi connectivity index (χ3v) is 5.18. The number of amides is 2. The Kier molecular flexibility index (Phi) is 8.55. The van der Waals surface area contributed by atoms with Gasteiger partial charge in [-0.1, -0.05) is 31.2 Å². The molecule has 3 rings (SSSR count). The molecule has 0 atom stereocenters. The molecule has 6 nitrogen and oxygen atoms in total. The highest BCUT2D eigenvalue weighted by atomic mass is 19.1. The number of anilines is 2. The lowest BCUT2D eigenvalue weighted by Crippen LogP contribution is -2.27. The van der Waals surface area contributed by atoms with Crippen LogP contribution in [0.4, 0.5) is 15.8 Å². The van der Waals surface area contributed by atoms with E-state index in [1.165, 1.54) is 12.1 Å². The Labute approximate surface area is 193 Å². The molecule has 0 saturated carbocycles. The van der Waals surface area contributed by atoms with Gasteiger partial charge in [-0.3, -0.25) is 14.5 Å². The van der Waals surface area contributed by atoms with Crippen LogP contribution in [0.1, 0.15) is 29.3 Å². The molecule has 3 aromatic carbocycles. The molecule has 0 heterocycles.